The standard InChI is InChI=1S/C16H24N2O5/c1-4-22-16(20)17-9-10-18(13(2)19)11-12-23-15-7-5-14(21-3)6-8-15/h5-8H,4,9-12H2,1-3H3,(H,17,20). The van der Waals surface area contributed by atoms with E-state index in [1.807, 2.05) is 0 Å². The van der Waals surface area contributed by atoms with Crippen LogP contribution in [0.1, 0.15) is 13.8 Å². The predicted octanol–water partition coefficient (Wildman–Crippen LogP) is 1.67. The number of carbonyl (C=O) groups excluding carboxylic acids is 2. The topological polar surface area (TPSA) is 77.1 Å². The van der Waals surface area contributed by atoms with E-state index in [-0.39, 0.29) is 5.91 Å². The Morgan fingerprint density at radius 1 is 1.13 bits per heavy atom. The van der Waals surface area contributed by atoms with E-state index in [0.717, 1.165) is 5.75 Å². The summed E-state index contributed by atoms with van der Waals surface area (Å²) in [5.41, 5.74) is 0. The van der Waals surface area contributed by atoms with Crippen molar-refractivity contribution >= 4 is 12.0 Å². The average molecular weight is 324 g/mol. The molecule has 0 spiro atoms. The lowest BCUT2D eigenvalue weighted by molar-refractivity contribution is -0.129. The van der Waals surface area contributed by atoms with Crippen molar-refractivity contribution in [3.8, 4) is 11.5 Å². The van der Waals surface area contributed by atoms with Crippen LogP contribution in [0, 0.1) is 0 Å². The van der Waals surface area contributed by atoms with E-state index < -0.39 is 6.09 Å². The maximum Gasteiger partial charge on any atom is 0.407 e. The van der Waals surface area contributed by atoms with Gasteiger partial charge in [0, 0.05) is 20.0 Å². The molecule has 128 valence electrons. The molecule has 0 atom stereocenters. The zero-order valence-corrected chi connectivity index (χ0v) is 13.8. The van der Waals surface area contributed by atoms with E-state index in [9.17, 15) is 9.59 Å². The van der Waals surface area contributed by atoms with Crippen molar-refractivity contribution in [1.29, 1.82) is 0 Å². The highest BCUT2D eigenvalue weighted by molar-refractivity contribution is 5.73. The number of nitrogens with one attached hydrogen (secondary N) is 1. The van der Waals surface area contributed by atoms with Gasteiger partial charge in [-0.3, -0.25) is 4.79 Å². The molecule has 0 fully saturated rings. The van der Waals surface area contributed by atoms with E-state index in [0.29, 0.717) is 38.6 Å². The number of carbonyl (C=O) groups is 2. The summed E-state index contributed by atoms with van der Waals surface area (Å²) >= 11 is 0. The zero-order chi connectivity index (χ0) is 17.1. The number of rotatable bonds is 9. The van der Waals surface area contributed by atoms with Gasteiger partial charge in [-0.15, -0.1) is 0 Å². The molecule has 0 aliphatic heterocycles. The predicted molar refractivity (Wildman–Crippen MR) is 85.8 cm³/mol. The molecule has 0 aromatic heterocycles. The van der Waals surface area contributed by atoms with Crippen LogP contribution in [0.4, 0.5) is 4.79 Å². The minimum atomic E-state index is -0.481. The van der Waals surface area contributed by atoms with Crippen molar-refractivity contribution < 1.29 is 23.8 Å². The minimum Gasteiger partial charge on any atom is -0.497 e. The number of methoxy groups -OCH3 is 1. The lowest BCUT2D eigenvalue weighted by Crippen LogP contribution is -2.39. The van der Waals surface area contributed by atoms with Crippen LogP contribution in [-0.2, 0) is 9.53 Å². The van der Waals surface area contributed by atoms with Crippen LogP contribution < -0.4 is 14.8 Å². The largest absolute Gasteiger partial charge is 0.497 e. The molecule has 2 amide bonds. The molecular weight excluding hydrogens is 300 g/mol. The molecule has 1 aromatic rings. The van der Waals surface area contributed by atoms with Crippen molar-refractivity contribution in [3.05, 3.63) is 24.3 Å². The van der Waals surface area contributed by atoms with Crippen LogP contribution in [0.5, 0.6) is 11.5 Å². The fraction of sp³-hybridized carbons (Fsp3) is 0.500. The maximum atomic E-state index is 11.6. The third-order valence-electron chi connectivity index (χ3n) is 3.06. The lowest BCUT2D eigenvalue weighted by Gasteiger charge is -2.21. The van der Waals surface area contributed by atoms with Gasteiger partial charge in [0.1, 0.15) is 18.1 Å². The summed E-state index contributed by atoms with van der Waals surface area (Å²) in [6.45, 7) is 5.08. The first-order valence-corrected chi connectivity index (χ1v) is 7.49. The van der Waals surface area contributed by atoms with Gasteiger partial charge < -0.3 is 24.4 Å². The first-order chi connectivity index (χ1) is 11.1. The molecule has 0 saturated carbocycles. The second-order valence-corrected chi connectivity index (χ2v) is 4.68. The Labute approximate surface area is 136 Å². The molecule has 0 heterocycles. The highest BCUT2D eigenvalue weighted by atomic mass is 16.5. The molecule has 23 heavy (non-hydrogen) atoms. The summed E-state index contributed by atoms with van der Waals surface area (Å²) < 4.78 is 15.4. The minimum absolute atomic E-state index is 0.0750. The number of hydrogen-bond acceptors (Lipinski definition) is 5. The lowest BCUT2D eigenvalue weighted by atomic mass is 10.3. The molecule has 0 aliphatic rings. The fourth-order valence-corrected chi connectivity index (χ4v) is 1.85. The third-order valence-corrected chi connectivity index (χ3v) is 3.06. The van der Waals surface area contributed by atoms with Crippen LogP contribution in [-0.4, -0.2) is 56.9 Å². The maximum absolute atomic E-state index is 11.6. The Balaban J connectivity index is 2.32. The molecule has 1 aromatic carbocycles. The zero-order valence-electron chi connectivity index (χ0n) is 13.8. The van der Waals surface area contributed by atoms with Crippen LogP contribution >= 0.6 is 0 Å². The molecule has 0 bridgehead atoms. The molecule has 0 aliphatic carbocycles. The Morgan fingerprint density at radius 2 is 1.78 bits per heavy atom. The monoisotopic (exact) mass is 324 g/mol. The molecule has 1 rings (SSSR count). The van der Waals surface area contributed by atoms with E-state index >= 15 is 0 Å². The molecule has 7 nitrogen and oxygen atoms in total. The van der Waals surface area contributed by atoms with Crippen molar-refractivity contribution in [2.24, 2.45) is 0 Å². The van der Waals surface area contributed by atoms with Crippen molar-refractivity contribution in [2.45, 2.75) is 13.8 Å². The van der Waals surface area contributed by atoms with E-state index in [1.54, 1.807) is 43.2 Å². The van der Waals surface area contributed by atoms with Gasteiger partial charge in [0.05, 0.1) is 20.3 Å². The third kappa shape index (κ3) is 7.39. The highest BCUT2D eigenvalue weighted by Crippen LogP contribution is 2.16. The van der Waals surface area contributed by atoms with Crippen LogP contribution in [0.2, 0.25) is 0 Å². The van der Waals surface area contributed by atoms with Crippen molar-refractivity contribution in [1.82, 2.24) is 10.2 Å². The number of hydrogen-bond donors (Lipinski definition) is 1. The molecule has 0 radical (unpaired) electrons. The summed E-state index contributed by atoms with van der Waals surface area (Å²) in [6.07, 6.45) is -0.481. The molecule has 7 heteroatoms. The summed E-state index contributed by atoms with van der Waals surface area (Å²) in [4.78, 5) is 24.4. The van der Waals surface area contributed by atoms with Crippen molar-refractivity contribution in [3.63, 3.8) is 0 Å². The Morgan fingerprint density at radius 3 is 2.35 bits per heavy atom. The van der Waals surface area contributed by atoms with Crippen LogP contribution in [0.3, 0.4) is 0 Å². The highest BCUT2D eigenvalue weighted by Gasteiger charge is 2.09. The summed E-state index contributed by atoms with van der Waals surface area (Å²) in [6, 6.07) is 7.22. The smallest absolute Gasteiger partial charge is 0.407 e. The number of alkyl carbamates (subject to hydrolysis) is 1. The number of benzene rings is 1. The van der Waals surface area contributed by atoms with Gasteiger partial charge in [0.25, 0.3) is 0 Å². The average Bonchev–Trinajstić information content (AvgIpc) is 2.54. The molecule has 1 N–H and O–H groups in total. The van der Waals surface area contributed by atoms with Crippen molar-refractivity contribution in [2.75, 3.05) is 40.0 Å². The first-order valence-electron chi connectivity index (χ1n) is 7.49. The normalized spacial score (nSPS) is 9.87. The van der Waals surface area contributed by atoms with E-state index in [4.69, 9.17) is 14.2 Å². The molecule has 0 unspecified atom stereocenters. The fourth-order valence-electron chi connectivity index (χ4n) is 1.85. The second-order valence-electron chi connectivity index (χ2n) is 4.68. The van der Waals surface area contributed by atoms with Gasteiger partial charge >= 0.3 is 6.09 Å². The van der Waals surface area contributed by atoms with Crippen LogP contribution in [0.15, 0.2) is 24.3 Å². The van der Waals surface area contributed by atoms with Gasteiger partial charge in [0.15, 0.2) is 0 Å². The van der Waals surface area contributed by atoms with Crippen LogP contribution in [0.25, 0.3) is 0 Å². The Hall–Kier alpha value is -2.44. The van der Waals surface area contributed by atoms with Gasteiger partial charge in [-0.25, -0.2) is 4.79 Å². The van der Waals surface area contributed by atoms with Gasteiger partial charge in [-0.05, 0) is 31.2 Å². The number of nitrogens with zero attached hydrogens (tertiary/aromatic N) is 1. The quantitative estimate of drug-likeness (QED) is 0.748. The van der Waals surface area contributed by atoms with Gasteiger partial charge in [0.2, 0.25) is 5.91 Å². The van der Waals surface area contributed by atoms with Gasteiger partial charge in [-0.2, -0.15) is 0 Å². The summed E-state index contributed by atoms with van der Waals surface area (Å²) in [7, 11) is 1.60. The number of amides is 2. The summed E-state index contributed by atoms with van der Waals surface area (Å²) in [5, 5.41) is 2.58. The summed E-state index contributed by atoms with van der Waals surface area (Å²) in [5.74, 6) is 1.39. The number of ether oxygens (including phenoxy) is 3. The molecular formula is C16H24N2O5. The SMILES string of the molecule is CCOC(=O)NCCN(CCOc1ccc(OC)cc1)C(C)=O. The molecule has 0 saturated heterocycles. The van der Waals surface area contributed by atoms with E-state index in [2.05, 4.69) is 5.32 Å². The van der Waals surface area contributed by atoms with E-state index in [1.165, 1.54) is 6.92 Å². The first kappa shape index (κ1) is 18.6. The second kappa shape index (κ2) is 10.3. The van der Waals surface area contributed by atoms with Gasteiger partial charge in [-0.1, -0.05) is 0 Å². The Bertz CT molecular complexity index is 490. The Kier molecular flexibility index (Phi) is 8.34.